The van der Waals surface area contributed by atoms with Crippen LogP contribution in [-0.4, -0.2) is 56.7 Å². The highest BCUT2D eigenvalue weighted by Gasteiger charge is 2.28. The van der Waals surface area contributed by atoms with Crippen molar-refractivity contribution in [2.24, 2.45) is 0 Å². The summed E-state index contributed by atoms with van der Waals surface area (Å²) < 4.78 is 11.4. The van der Waals surface area contributed by atoms with E-state index in [1.165, 1.54) is 5.56 Å². The van der Waals surface area contributed by atoms with E-state index in [2.05, 4.69) is 27.7 Å². The van der Waals surface area contributed by atoms with Crippen LogP contribution < -0.4 is 20.1 Å². The van der Waals surface area contributed by atoms with Crippen molar-refractivity contribution < 1.29 is 14.3 Å². The van der Waals surface area contributed by atoms with Crippen molar-refractivity contribution >= 4 is 18.3 Å². The molecular formula is C22H28ClN3O3. The molecule has 156 valence electrons. The quantitative estimate of drug-likeness (QED) is 0.754. The van der Waals surface area contributed by atoms with E-state index in [0.717, 1.165) is 43.1 Å². The third-order valence-corrected chi connectivity index (χ3v) is 5.44. The number of nitrogens with one attached hydrogen (secondary N) is 2. The molecule has 0 saturated carbocycles. The molecule has 2 aromatic carbocycles. The molecule has 2 aromatic rings. The first kappa shape index (κ1) is 21.4. The first-order valence-corrected chi connectivity index (χ1v) is 9.83. The fourth-order valence-electron chi connectivity index (χ4n) is 4.02. The zero-order valence-corrected chi connectivity index (χ0v) is 17.4. The molecule has 0 spiro atoms. The number of halogens is 1. The van der Waals surface area contributed by atoms with E-state index in [0.29, 0.717) is 13.1 Å². The number of methoxy groups -OCH3 is 1. The first-order valence-electron chi connectivity index (χ1n) is 9.83. The predicted molar refractivity (Wildman–Crippen MR) is 115 cm³/mol. The molecule has 0 aliphatic carbocycles. The van der Waals surface area contributed by atoms with Crippen LogP contribution in [0.15, 0.2) is 48.5 Å². The van der Waals surface area contributed by atoms with Crippen molar-refractivity contribution in [1.82, 2.24) is 15.5 Å². The third kappa shape index (κ3) is 5.01. The smallest absolute Gasteiger partial charge is 0.234 e. The van der Waals surface area contributed by atoms with Crippen molar-refractivity contribution in [3.8, 4) is 11.5 Å². The van der Waals surface area contributed by atoms with Gasteiger partial charge < -0.3 is 20.1 Å². The number of amides is 1. The normalized spacial score (nSPS) is 20.9. The zero-order chi connectivity index (χ0) is 19.3. The van der Waals surface area contributed by atoms with Crippen LogP contribution in [0.2, 0.25) is 0 Å². The molecule has 0 aromatic heterocycles. The highest BCUT2D eigenvalue weighted by molar-refractivity contribution is 5.85. The Labute approximate surface area is 178 Å². The minimum Gasteiger partial charge on any atom is -0.496 e. The topological polar surface area (TPSA) is 62.8 Å². The Kier molecular flexibility index (Phi) is 7.36. The van der Waals surface area contributed by atoms with Crippen molar-refractivity contribution in [2.45, 2.75) is 18.6 Å². The number of ether oxygens (including phenoxy) is 2. The third-order valence-electron chi connectivity index (χ3n) is 5.44. The Balaban J connectivity index is 0.00000240. The van der Waals surface area contributed by atoms with Crippen LogP contribution in [0.5, 0.6) is 11.5 Å². The lowest BCUT2D eigenvalue weighted by Gasteiger charge is -2.36. The van der Waals surface area contributed by atoms with Gasteiger partial charge in [0, 0.05) is 31.6 Å². The van der Waals surface area contributed by atoms with E-state index in [-0.39, 0.29) is 30.5 Å². The molecule has 1 amide bonds. The summed E-state index contributed by atoms with van der Waals surface area (Å²) in [5.41, 5.74) is 2.32. The Morgan fingerprint density at radius 3 is 2.86 bits per heavy atom. The Bertz CT molecular complexity index is 807. The molecule has 1 fully saturated rings. The summed E-state index contributed by atoms with van der Waals surface area (Å²) in [7, 11) is 1.69. The molecule has 2 N–H and O–H groups in total. The zero-order valence-electron chi connectivity index (χ0n) is 16.6. The van der Waals surface area contributed by atoms with Gasteiger partial charge >= 0.3 is 0 Å². The number of rotatable bonds is 6. The van der Waals surface area contributed by atoms with E-state index < -0.39 is 0 Å². The van der Waals surface area contributed by atoms with Crippen LogP contribution in [0.4, 0.5) is 0 Å². The van der Waals surface area contributed by atoms with E-state index in [1.807, 2.05) is 36.4 Å². The number of hydrogen-bond acceptors (Lipinski definition) is 5. The van der Waals surface area contributed by atoms with Gasteiger partial charge in [-0.25, -0.2) is 0 Å². The summed E-state index contributed by atoms with van der Waals surface area (Å²) in [6, 6.07) is 16.2. The van der Waals surface area contributed by atoms with Gasteiger partial charge in [-0.05, 0) is 17.7 Å². The Morgan fingerprint density at radius 2 is 2.03 bits per heavy atom. The maximum Gasteiger partial charge on any atom is 0.234 e. The van der Waals surface area contributed by atoms with Crippen LogP contribution >= 0.6 is 12.4 Å². The maximum atomic E-state index is 12.6. The van der Waals surface area contributed by atoms with E-state index in [9.17, 15) is 4.79 Å². The van der Waals surface area contributed by atoms with Crippen molar-refractivity contribution in [3.05, 3.63) is 59.7 Å². The van der Waals surface area contributed by atoms with E-state index in [4.69, 9.17) is 9.47 Å². The molecule has 4 rings (SSSR count). The van der Waals surface area contributed by atoms with Crippen LogP contribution in [0.1, 0.15) is 17.2 Å². The minimum atomic E-state index is 0. The van der Waals surface area contributed by atoms with Gasteiger partial charge in [-0.3, -0.25) is 9.69 Å². The molecule has 2 aliphatic heterocycles. The van der Waals surface area contributed by atoms with Crippen LogP contribution in [0.3, 0.4) is 0 Å². The molecule has 7 heteroatoms. The summed E-state index contributed by atoms with van der Waals surface area (Å²) in [6.45, 7) is 3.39. The van der Waals surface area contributed by atoms with Crippen LogP contribution in [0.25, 0.3) is 0 Å². The fourth-order valence-corrected chi connectivity index (χ4v) is 4.02. The SMILES string of the molecule is COc1ccccc1C1CNCCN1CC(=O)NCC1Cc2ccccc2O1.Cl. The largest absolute Gasteiger partial charge is 0.496 e. The molecule has 0 radical (unpaired) electrons. The molecular weight excluding hydrogens is 390 g/mol. The number of para-hydroxylation sites is 2. The van der Waals surface area contributed by atoms with E-state index in [1.54, 1.807) is 7.11 Å². The summed E-state index contributed by atoms with van der Waals surface area (Å²) in [5, 5.41) is 6.48. The molecule has 1 saturated heterocycles. The number of piperazine rings is 1. The van der Waals surface area contributed by atoms with Crippen molar-refractivity contribution in [1.29, 1.82) is 0 Å². The Morgan fingerprint density at radius 1 is 1.24 bits per heavy atom. The van der Waals surface area contributed by atoms with Crippen molar-refractivity contribution in [2.75, 3.05) is 39.8 Å². The average molecular weight is 418 g/mol. The molecule has 2 aliphatic rings. The predicted octanol–water partition coefficient (Wildman–Crippen LogP) is 2.18. The summed E-state index contributed by atoms with van der Waals surface area (Å²) >= 11 is 0. The molecule has 2 heterocycles. The fraction of sp³-hybridized carbons (Fsp3) is 0.409. The van der Waals surface area contributed by atoms with Gasteiger partial charge in [0.25, 0.3) is 0 Å². The van der Waals surface area contributed by atoms with Gasteiger partial charge in [-0.15, -0.1) is 12.4 Å². The average Bonchev–Trinajstić information content (AvgIpc) is 3.16. The molecule has 0 bridgehead atoms. The van der Waals surface area contributed by atoms with Gasteiger partial charge in [0.15, 0.2) is 0 Å². The second-order valence-corrected chi connectivity index (χ2v) is 7.29. The summed E-state index contributed by atoms with van der Waals surface area (Å²) in [4.78, 5) is 14.8. The molecule has 2 atom stereocenters. The lowest BCUT2D eigenvalue weighted by Crippen LogP contribution is -2.50. The number of carbonyl (C=O) groups is 1. The number of hydrogen-bond donors (Lipinski definition) is 2. The van der Waals surface area contributed by atoms with Gasteiger partial charge in [0.2, 0.25) is 5.91 Å². The second kappa shape index (κ2) is 9.96. The monoisotopic (exact) mass is 417 g/mol. The lowest BCUT2D eigenvalue weighted by atomic mass is 10.0. The number of nitrogens with zero attached hydrogens (tertiary/aromatic N) is 1. The van der Waals surface area contributed by atoms with Gasteiger partial charge in [-0.2, -0.15) is 0 Å². The highest BCUT2D eigenvalue weighted by Crippen LogP contribution is 2.30. The van der Waals surface area contributed by atoms with Crippen LogP contribution in [-0.2, 0) is 11.2 Å². The highest BCUT2D eigenvalue weighted by atomic mass is 35.5. The molecule has 29 heavy (non-hydrogen) atoms. The summed E-state index contributed by atoms with van der Waals surface area (Å²) in [5.74, 6) is 1.82. The first-order chi connectivity index (χ1) is 13.7. The maximum absolute atomic E-state index is 12.6. The van der Waals surface area contributed by atoms with Gasteiger partial charge in [0.1, 0.15) is 17.6 Å². The lowest BCUT2D eigenvalue weighted by molar-refractivity contribution is -0.123. The standard InChI is InChI=1S/C22H27N3O3.ClH/c1-27-21-9-5-3-7-18(21)19-14-23-10-11-25(19)15-22(26)24-13-17-12-16-6-2-4-8-20(16)28-17;/h2-9,17,19,23H,10-15H2,1H3,(H,24,26);1H. The summed E-state index contributed by atoms with van der Waals surface area (Å²) in [6.07, 6.45) is 0.850. The minimum absolute atomic E-state index is 0. The van der Waals surface area contributed by atoms with Gasteiger partial charge in [0.05, 0.1) is 26.2 Å². The number of carbonyl (C=O) groups excluding carboxylic acids is 1. The Hall–Kier alpha value is -2.28. The molecule has 6 nitrogen and oxygen atoms in total. The van der Waals surface area contributed by atoms with E-state index >= 15 is 0 Å². The van der Waals surface area contributed by atoms with Gasteiger partial charge in [-0.1, -0.05) is 36.4 Å². The number of benzene rings is 2. The van der Waals surface area contributed by atoms with Crippen LogP contribution in [0, 0.1) is 0 Å². The number of fused-ring (bicyclic) bond motifs is 1. The second-order valence-electron chi connectivity index (χ2n) is 7.29. The van der Waals surface area contributed by atoms with Crippen molar-refractivity contribution in [3.63, 3.8) is 0 Å². The molecule has 2 unspecified atom stereocenters.